The Labute approximate surface area is 154 Å². The number of aliphatic hydroxyl groups excluding tert-OH is 1. The van der Waals surface area contributed by atoms with Crippen molar-refractivity contribution in [3.8, 4) is 0 Å². The first kappa shape index (κ1) is 21.5. The van der Waals surface area contributed by atoms with Crippen LogP contribution in [0.1, 0.15) is 57.8 Å². The quantitative estimate of drug-likeness (QED) is 0.296. The number of hydrogen-bond donors (Lipinski definition) is 3. The van der Waals surface area contributed by atoms with Gasteiger partial charge in [-0.25, -0.2) is 4.68 Å². The summed E-state index contributed by atoms with van der Waals surface area (Å²) in [4.78, 5) is 11.1. The molecule has 0 saturated carbocycles. The van der Waals surface area contributed by atoms with Crippen molar-refractivity contribution < 1.29 is 15.0 Å². The first-order chi connectivity index (χ1) is 11.8. The van der Waals surface area contributed by atoms with E-state index in [0.717, 1.165) is 25.7 Å². The molecule has 0 radical (unpaired) electrons. The van der Waals surface area contributed by atoms with Crippen molar-refractivity contribution in [1.29, 1.82) is 0 Å². The number of carboxylic acids is 1. The molecule has 8 heteroatoms. The molecule has 25 heavy (non-hydrogen) atoms. The van der Waals surface area contributed by atoms with Crippen LogP contribution in [0.25, 0.3) is 0 Å². The molecule has 1 heterocycles. The standard InChI is InChI=1S/C17H30N4O3S/c1-4-6-7-8-13(22)9-10-14-19-21(12(3)15(18)16(23)24)17(25)20(14)11-5-2/h5,12-13,15,22H,2,4,6-11,18H2,1,3H3,(H,23,24)/t12-,13?,15-/m0/s1. The highest BCUT2D eigenvalue weighted by Gasteiger charge is 2.25. The van der Waals surface area contributed by atoms with E-state index in [1.807, 2.05) is 4.57 Å². The number of aliphatic carboxylic acids is 1. The Hall–Kier alpha value is -1.51. The first-order valence-corrected chi connectivity index (χ1v) is 9.19. The number of aryl methyl sites for hydroxylation is 1. The zero-order valence-corrected chi connectivity index (χ0v) is 15.9. The molecule has 0 aliphatic heterocycles. The predicted molar refractivity (Wildman–Crippen MR) is 100 cm³/mol. The molecule has 1 aromatic heterocycles. The van der Waals surface area contributed by atoms with E-state index in [2.05, 4.69) is 18.6 Å². The van der Waals surface area contributed by atoms with Crippen LogP contribution < -0.4 is 5.73 Å². The van der Waals surface area contributed by atoms with Crippen molar-refractivity contribution in [2.75, 3.05) is 0 Å². The normalized spacial score (nSPS) is 14.9. The molecule has 0 aromatic carbocycles. The molecular formula is C17H30N4O3S. The number of carbonyl (C=O) groups is 1. The average Bonchev–Trinajstić information content (AvgIpc) is 2.88. The zero-order chi connectivity index (χ0) is 19.0. The molecule has 1 aromatic rings. The third-order valence-corrected chi connectivity index (χ3v) is 4.71. The third kappa shape index (κ3) is 6.05. The van der Waals surface area contributed by atoms with Gasteiger partial charge in [0, 0.05) is 13.0 Å². The van der Waals surface area contributed by atoms with Crippen LogP contribution >= 0.6 is 12.2 Å². The minimum atomic E-state index is -1.10. The minimum Gasteiger partial charge on any atom is -0.480 e. The highest BCUT2D eigenvalue weighted by Crippen LogP contribution is 2.15. The van der Waals surface area contributed by atoms with Crippen LogP contribution in [0.4, 0.5) is 0 Å². The summed E-state index contributed by atoms with van der Waals surface area (Å²) >= 11 is 5.43. The summed E-state index contributed by atoms with van der Waals surface area (Å²) in [6.45, 7) is 8.02. The van der Waals surface area contributed by atoms with E-state index in [9.17, 15) is 9.90 Å². The van der Waals surface area contributed by atoms with Crippen molar-refractivity contribution >= 4 is 18.2 Å². The molecule has 0 saturated heterocycles. The lowest BCUT2D eigenvalue weighted by atomic mass is 10.1. The van der Waals surface area contributed by atoms with Gasteiger partial charge in [-0.1, -0.05) is 32.3 Å². The zero-order valence-electron chi connectivity index (χ0n) is 15.1. The second-order valence-corrected chi connectivity index (χ2v) is 6.70. The van der Waals surface area contributed by atoms with Crippen molar-refractivity contribution in [2.45, 2.75) is 77.1 Å². The SMILES string of the molecule is C=CCn1c(CCC(O)CCCCC)nn([C@@H](C)[C@H](N)C(=O)O)c1=S. The number of aliphatic hydroxyl groups is 1. The molecule has 7 nitrogen and oxygen atoms in total. The lowest BCUT2D eigenvalue weighted by Crippen LogP contribution is -2.38. The van der Waals surface area contributed by atoms with Gasteiger partial charge in [-0.15, -0.1) is 6.58 Å². The molecule has 0 fully saturated rings. The van der Waals surface area contributed by atoms with Gasteiger partial charge in [0.25, 0.3) is 0 Å². The molecule has 0 bridgehead atoms. The number of hydrogen-bond acceptors (Lipinski definition) is 5. The van der Waals surface area contributed by atoms with Crippen molar-refractivity contribution in [3.63, 3.8) is 0 Å². The van der Waals surface area contributed by atoms with E-state index >= 15 is 0 Å². The highest BCUT2D eigenvalue weighted by molar-refractivity contribution is 7.71. The summed E-state index contributed by atoms with van der Waals surface area (Å²) in [6.07, 6.45) is 6.51. The van der Waals surface area contributed by atoms with Crippen molar-refractivity contribution in [1.82, 2.24) is 14.3 Å². The summed E-state index contributed by atoms with van der Waals surface area (Å²) in [7, 11) is 0. The van der Waals surface area contributed by atoms with Gasteiger partial charge in [0.1, 0.15) is 11.9 Å². The fraction of sp³-hybridized carbons (Fsp3) is 0.706. The van der Waals surface area contributed by atoms with Crippen LogP contribution in [-0.2, 0) is 17.8 Å². The molecular weight excluding hydrogens is 340 g/mol. The van der Waals surface area contributed by atoms with Gasteiger partial charge in [0.2, 0.25) is 0 Å². The van der Waals surface area contributed by atoms with Crippen LogP contribution in [0.3, 0.4) is 0 Å². The van der Waals surface area contributed by atoms with Crippen molar-refractivity contribution in [3.05, 3.63) is 23.3 Å². The number of nitrogens with zero attached hydrogens (tertiary/aromatic N) is 3. The van der Waals surface area contributed by atoms with E-state index in [0.29, 0.717) is 30.0 Å². The lowest BCUT2D eigenvalue weighted by molar-refractivity contribution is -0.139. The van der Waals surface area contributed by atoms with E-state index in [4.69, 9.17) is 23.1 Å². The highest BCUT2D eigenvalue weighted by atomic mass is 32.1. The number of carboxylic acid groups (broad SMARTS) is 1. The Balaban J connectivity index is 2.91. The van der Waals surface area contributed by atoms with Crippen LogP contribution in [0, 0.1) is 4.77 Å². The van der Waals surface area contributed by atoms with Gasteiger partial charge in [0.05, 0.1) is 12.1 Å². The maximum Gasteiger partial charge on any atom is 0.322 e. The van der Waals surface area contributed by atoms with E-state index < -0.39 is 18.1 Å². The fourth-order valence-electron chi connectivity index (χ4n) is 2.65. The topological polar surface area (TPSA) is 106 Å². The van der Waals surface area contributed by atoms with Gasteiger partial charge >= 0.3 is 5.97 Å². The number of nitrogens with two attached hydrogens (primary N) is 1. The van der Waals surface area contributed by atoms with Crippen LogP contribution in [0.5, 0.6) is 0 Å². The summed E-state index contributed by atoms with van der Waals surface area (Å²) in [5, 5.41) is 23.7. The summed E-state index contributed by atoms with van der Waals surface area (Å²) < 4.78 is 3.71. The van der Waals surface area contributed by atoms with Gasteiger partial charge in [-0.2, -0.15) is 5.10 Å². The van der Waals surface area contributed by atoms with Crippen molar-refractivity contribution in [2.24, 2.45) is 5.73 Å². The Kier molecular flexibility index (Phi) is 9.02. The molecule has 0 aliphatic carbocycles. The molecule has 0 aliphatic rings. The molecule has 3 atom stereocenters. The molecule has 0 amide bonds. The summed E-state index contributed by atoms with van der Waals surface area (Å²) in [5.41, 5.74) is 5.71. The lowest BCUT2D eigenvalue weighted by Gasteiger charge is -2.15. The predicted octanol–water partition coefficient (Wildman–Crippen LogP) is 2.45. The van der Waals surface area contributed by atoms with Crippen LogP contribution in [-0.4, -0.2) is 42.7 Å². The number of rotatable bonds is 12. The second kappa shape index (κ2) is 10.5. The Morgan fingerprint density at radius 3 is 2.68 bits per heavy atom. The number of allylic oxidation sites excluding steroid dienone is 1. The average molecular weight is 371 g/mol. The maximum atomic E-state index is 11.1. The Bertz CT molecular complexity index is 626. The number of unbranched alkanes of at least 4 members (excludes halogenated alkanes) is 2. The van der Waals surface area contributed by atoms with Gasteiger partial charge in [-0.05, 0) is 32.0 Å². The molecule has 4 N–H and O–H groups in total. The van der Waals surface area contributed by atoms with Gasteiger partial charge < -0.3 is 20.5 Å². The molecule has 1 unspecified atom stereocenters. The minimum absolute atomic E-state index is 0.374. The van der Waals surface area contributed by atoms with E-state index in [1.165, 1.54) is 4.68 Å². The molecule has 0 spiro atoms. The number of aromatic nitrogens is 3. The fourth-order valence-corrected chi connectivity index (χ4v) is 3.03. The monoisotopic (exact) mass is 370 g/mol. The Morgan fingerprint density at radius 2 is 2.12 bits per heavy atom. The largest absolute Gasteiger partial charge is 0.480 e. The molecule has 142 valence electrons. The summed E-state index contributed by atoms with van der Waals surface area (Å²) in [5.74, 6) is -0.385. The van der Waals surface area contributed by atoms with E-state index in [1.54, 1.807) is 13.0 Å². The van der Waals surface area contributed by atoms with Crippen LogP contribution in [0.15, 0.2) is 12.7 Å². The van der Waals surface area contributed by atoms with Gasteiger partial charge in [0.15, 0.2) is 4.77 Å². The van der Waals surface area contributed by atoms with Crippen LogP contribution in [0.2, 0.25) is 0 Å². The Morgan fingerprint density at radius 1 is 1.44 bits per heavy atom. The third-order valence-electron chi connectivity index (χ3n) is 4.31. The smallest absolute Gasteiger partial charge is 0.322 e. The molecule has 1 rings (SSSR count). The maximum absolute atomic E-state index is 11.1. The second-order valence-electron chi connectivity index (χ2n) is 6.34. The summed E-state index contributed by atoms with van der Waals surface area (Å²) in [6, 6.07) is -1.66. The van der Waals surface area contributed by atoms with E-state index in [-0.39, 0.29) is 6.10 Å². The van der Waals surface area contributed by atoms with Gasteiger partial charge in [-0.3, -0.25) is 4.79 Å². The first-order valence-electron chi connectivity index (χ1n) is 8.79.